The van der Waals surface area contributed by atoms with Gasteiger partial charge in [0.2, 0.25) is 0 Å². The van der Waals surface area contributed by atoms with Gasteiger partial charge in [-0.2, -0.15) is 0 Å². The highest BCUT2D eigenvalue weighted by atomic mass is 16.5. The Balaban J connectivity index is 1.50. The van der Waals surface area contributed by atoms with Crippen molar-refractivity contribution in [1.29, 1.82) is 0 Å². The highest BCUT2D eigenvalue weighted by molar-refractivity contribution is 5.97. The van der Waals surface area contributed by atoms with Crippen LogP contribution in [-0.4, -0.2) is 44.4 Å². The minimum atomic E-state index is -0.859. The SMILES string of the molecule is Cc1cccn2cc(COc3ccccc3C(=O)N3CC[C@H](C(=O)O)C3)nc12. The topological polar surface area (TPSA) is 84.1 Å². The van der Waals surface area contributed by atoms with Crippen LogP contribution in [0.25, 0.3) is 5.65 Å². The number of rotatable bonds is 5. The van der Waals surface area contributed by atoms with Crippen molar-refractivity contribution >= 4 is 17.5 Å². The Kier molecular flexibility index (Phi) is 4.73. The molecule has 0 radical (unpaired) electrons. The molecule has 1 amide bonds. The molecule has 1 aliphatic heterocycles. The highest BCUT2D eigenvalue weighted by Gasteiger charge is 2.32. The minimum Gasteiger partial charge on any atom is -0.486 e. The Morgan fingerprint density at radius 1 is 1.25 bits per heavy atom. The lowest BCUT2D eigenvalue weighted by atomic mass is 10.1. The number of likely N-dealkylation sites (tertiary alicyclic amines) is 1. The Bertz CT molecular complexity index is 1040. The maximum atomic E-state index is 12.9. The first-order valence-corrected chi connectivity index (χ1v) is 9.20. The van der Waals surface area contributed by atoms with E-state index in [1.807, 2.05) is 41.9 Å². The van der Waals surface area contributed by atoms with Crippen LogP contribution in [0.3, 0.4) is 0 Å². The standard InChI is InChI=1S/C21H21N3O4/c1-14-5-4-9-23-12-16(22-19(14)23)13-28-18-7-3-2-6-17(18)20(25)24-10-8-15(11-24)21(26)27/h2-7,9,12,15H,8,10-11,13H2,1H3,(H,26,27)/t15-/m0/s1. The average molecular weight is 379 g/mol. The number of carboxylic acids is 1. The van der Waals surface area contributed by atoms with Crippen molar-refractivity contribution in [2.45, 2.75) is 20.0 Å². The zero-order chi connectivity index (χ0) is 19.7. The molecule has 1 aliphatic rings. The number of hydrogen-bond acceptors (Lipinski definition) is 4. The average Bonchev–Trinajstić information content (AvgIpc) is 3.34. The molecule has 1 fully saturated rings. The number of aliphatic carboxylic acids is 1. The Hall–Kier alpha value is -3.35. The quantitative estimate of drug-likeness (QED) is 0.737. The summed E-state index contributed by atoms with van der Waals surface area (Å²) >= 11 is 0. The fourth-order valence-electron chi connectivity index (χ4n) is 3.51. The number of carboxylic acid groups (broad SMARTS) is 1. The number of ether oxygens (including phenoxy) is 1. The number of hydrogen-bond donors (Lipinski definition) is 1. The summed E-state index contributed by atoms with van der Waals surface area (Å²) in [6, 6.07) is 11.0. The molecule has 1 saturated heterocycles. The summed E-state index contributed by atoms with van der Waals surface area (Å²) in [6.45, 7) is 2.91. The summed E-state index contributed by atoms with van der Waals surface area (Å²) in [6.07, 6.45) is 4.32. The molecule has 4 rings (SSSR count). The number of pyridine rings is 1. The Morgan fingerprint density at radius 3 is 2.82 bits per heavy atom. The zero-order valence-corrected chi connectivity index (χ0v) is 15.5. The van der Waals surface area contributed by atoms with Gasteiger partial charge in [-0.1, -0.05) is 18.2 Å². The van der Waals surface area contributed by atoms with Crippen molar-refractivity contribution in [2.75, 3.05) is 13.1 Å². The monoisotopic (exact) mass is 379 g/mol. The minimum absolute atomic E-state index is 0.204. The van der Waals surface area contributed by atoms with Gasteiger partial charge in [0.1, 0.15) is 18.0 Å². The van der Waals surface area contributed by atoms with E-state index >= 15 is 0 Å². The maximum Gasteiger partial charge on any atom is 0.308 e. The number of carbonyl (C=O) groups is 2. The molecular formula is C21H21N3O4. The van der Waals surface area contributed by atoms with Gasteiger partial charge in [-0.25, -0.2) is 4.98 Å². The van der Waals surface area contributed by atoms with Crippen LogP contribution in [-0.2, 0) is 11.4 Å². The van der Waals surface area contributed by atoms with Crippen molar-refractivity contribution in [3.8, 4) is 5.75 Å². The molecule has 1 atom stereocenters. The number of aryl methyl sites for hydroxylation is 1. The number of carbonyl (C=O) groups excluding carboxylic acids is 1. The molecule has 3 heterocycles. The Labute approximate surface area is 162 Å². The third-order valence-electron chi connectivity index (χ3n) is 5.05. The molecular weight excluding hydrogens is 358 g/mol. The lowest BCUT2D eigenvalue weighted by molar-refractivity contribution is -0.141. The van der Waals surface area contributed by atoms with E-state index in [1.165, 1.54) is 0 Å². The second kappa shape index (κ2) is 7.34. The summed E-state index contributed by atoms with van der Waals surface area (Å²) in [4.78, 5) is 30.2. The molecule has 0 aliphatic carbocycles. The van der Waals surface area contributed by atoms with Crippen molar-refractivity contribution in [3.05, 3.63) is 65.6 Å². The van der Waals surface area contributed by atoms with E-state index in [4.69, 9.17) is 9.84 Å². The van der Waals surface area contributed by atoms with Gasteiger partial charge in [0.15, 0.2) is 0 Å². The normalized spacial score (nSPS) is 16.5. The molecule has 0 bridgehead atoms. The van der Waals surface area contributed by atoms with Gasteiger partial charge in [-0.3, -0.25) is 9.59 Å². The first-order chi connectivity index (χ1) is 13.5. The van der Waals surface area contributed by atoms with Crippen molar-refractivity contribution in [2.24, 2.45) is 5.92 Å². The molecule has 3 aromatic rings. The smallest absolute Gasteiger partial charge is 0.308 e. The lowest BCUT2D eigenvalue weighted by Crippen LogP contribution is -2.30. The third kappa shape index (κ3) is 3.43. The number of nitrogens with zero attached hydrogens (tertiary/aromatic N) is 3. The van der Waals surface area contributed by atoms with Crippen molar-refractivity contribution in [3.63, 3.8) is 0 Å². The summed E-state index contributed by atoms with van der Waals surface area (Å²) in [5, 5.41) is 9.16. The summed E-state index contributed by atoms with van der Waals surface area (Å²) in [7, 11) is 0. The van der Waals surface area contributed by atoms with Gasteiger partial charge in [0, 0.05) is 25.5 Å². The maximum absolute atomic E-state index is 12.9. The van der Waals surface area contributed by atoms with E-state index in [1.54, 1.807) is 23.1 Å². The molecule has 28 heavy (non-hydrogen) atoms. The van der Waals surface area contributed by atoms with Crippen LogP contribution >= 0.6 is 0 Å². The van der Waals surface area contributed by atoms with Crippen molar-refractivity contribution in [1.82, 2.24) is 14.3 Å². The van der Waals surface area contributed by atoms with E-state index in [2.05, 4.69) is 4.98 Å². The van der Waals surface area contributed by atoms with E-state index < -0.39 is 11.9 Å². The number of fused-ring (bicyclic) bond motifs is 1. The van der Waals surface area contributed by atoms with Crippen LogP contribution in [0.2, 0.25) is 0 Å². The van der Waals surface area contributed by atoms with Crippen LogP contribution in [0.5, 0.6) is 5.75 Å². The first-order valence-electron chi connectivity index (χ1n) is 9.20. The van der Waals surface area contributed by atoms with E-state index in [0.717, 1.165) is 16.9 Å². The summed E-state index contributed by atoms with van der Waals surface area (Å²) in [5.41, 5.74) is 3.16. The number of aromatic nitrogens is 2. The molecule has 0 spiro atoms. The Morgan fingerprint density at radius 2 is 2.07 bits per heavy atom. The zero-order valence-electron chi connectivity index (χ0n) is 15.5. The fourth-order valence-corrected chi connectivity index (χ4v) is 3.51. The van der Waals surface area contributed by atoms with E-state index in [0.29, 0.717) is 24.3 Å². The summed E-state index contributed by atoms with van der Waals surface area (Å²) < 4.78 is 7.85. The van der Waals surface area contributed by atoms with E-state index in [-0.39, 0.29) is 19.1 Å². The summed E-state index contributed by atoms with van der Waals surface area (Å²) in [5.74, 6) is -1.09. The lowest BCUT2D eigenvalue weighted by Gasteiger charge is -2.18. The highest BCUT2D eigenvalue weighted by Crippen LogP contribution is 2.25. The van der Waals surface area contributed by atoms with Crippen LogP contribution in [0.4, 0.5) is 0 Å². The number of para-hydroxylation sites is 1. The molecule has 2 aromatic heterocycles. The van der Waals surface area contributed by atoms with Crippen LogP contribution < -0.4 is 4.74 Å². The van der Waals surface area contributed by atoms with Crippen LogP contribution in [0.1, 0.15) is 28.0 Å². The van der Waals surface area contributed by atoms with Crippen LogP contribution in [0.15, 0.2) is 48.8 Å². The van der Waals surface area contributed by atoms with E-state index in [9.17, 15) is 9.59 Å². The molecule has 7 nitrogen and oxygen atoms in total. The largest absolute Gasteiger partial charge is 0.486 e. The van der Waals surface area contributed by atoms with Crippen molar-refractivity contribution < 1.29 is 19.4 Å². The third-order valence-corrected chi connectivity index (χ3v) is 5.05. The van der Waals surface area contributed by atoms with Gasteiger partial charge < -0.3 is 19.1 Å². The van der Waals surface area contributed by atoms with Gasteiger partial charge in [-0.15, -0.1) is 0 Å². The fraction of sp³-hybridized carbons (Fsp3) is 0.286. The second-order valence-electron chi connectivity index (χ2n) is 7.01. The number of benzene rings is 1. The number of amides is 1. The predicted octanol–water partition coefficient (Wildman–Crippen LogP) is 2.77. The molecule has 7 heteroatoms. The van der Waals surface area contributed by atoms with Gasteiger partial charge in [0.25, 0.3) is 5.91 Å². The predicted molar refractivity (Wildman–Crippen MR) is 102 cm³/mol. The first kappa shape index (κ1) is 18.0. The van der Waals surface area contributed by atoms with Gasteiger partial charge in [0.05, 0.1) is 17.2 Å². The molecule has 144 valence electrons. The second-order valence-corrected chi connectivity index (χ2v) is 7.01. The number of imidazole rings is 1. The molecule has 0 saturated carbocycles. The van der Waals surface area contributed by atoms with Crippen LogP contribution in [0, 0.1) is 12.8 Å². The van der Waals surface area contributed by atoms with Gasteiger partial charge in [-0.05, 0) is 37.1 Å². The molecule has 1 aromatic carbocycles. The molecule has 1 N–H and O–H groups in total. The molecule has 0 unspecified atom stereocenters. The van der Waals surface area contributed by atoms with Gasteiger partial charge >= 0.3 is 5.97 Å².